The number of pyridine rings is 1. The molecule has 3 amide bonds. The zero-order chi connectivity index (χ0) is 15.3. The van der Waals surface area contributed by atoms with Crippen LogP contribution in [0.25, 0.3) is 0 Å². The molecular weight excluding hydrogens is 256 g/mol. The summed E-state index contributed by atoms with van der Waals surface area (Å²) in [6.45, 7) is 6.01. The smallest absolute Gasteiger partial charge is 0.319 e. The lowest BCUT2D eigenvalue weighted by molar-refractivity contribution is 0.0822. The van der Waals surface area contributed by atoms with Crippen molar-refractivity contribution >= 4 is 17.6 Å². The molecule has 0 aliphatic carbocycles. The lowest BCUT2D eigenvalue weighted by atomic mass is 10.1. The van der Waals surface area contributed by atoms with Crippen molar-refractivity contribution in [2.45, 2.75) is 26.8 Å². The minimum atomic E-state index is -0.291. The minimum Gasteiger partial charge on any atom is -0.343 e. The molecule has 1 aromatic heterocycles. The minimum absolute atomic E-state index is 0.0692. The lowest BCUT2D eigenvalue weighted by Gasteiger charge is -2.18. The Morgan fingerprint density at radius 3 is 2.45 bits per heavy atom. The highest BCUT2D eigenvalue weighted by Crippen LogP contribution is 2.09. The van der Waals surface area contributed by atoms with Crippen LogP contribution >= 0.6 is 0 Å². The molecule has 2 N–H and O–H groups in total. The second-order valence-corrected chi connectivity index (χ2v) is 5.26. The van der Waals surface area contributed by atoms with Crippen molar-refractivity contribution in [3.05, 3.63) is 24.0 Å². The zero-order valence-corrected chi connectivity index (χ0v) is 12.6. The molecule has 0 aliphatic heterocycles. The lowest BCUT2D eigenvalue weighted by Crippen LogP contribution is -2.39. The quantitative estimate of drug-likeness (QED) is 0.884. The number of amides is 3. The average molecular weight is 278 g/mol. The summed E-state index contributed by atoms with van der Waals surface area (Å²) in [6.07, 6.45) is 1.50. The van der Waals surface area contributed by atoms with Gasteiger partial charge in [0.25, 0.3) is 5.91 Å². The van der Waals surface area contributed by atoms with E-state index in [4.69, 9.17) is 0 Å². The van der Waals surface area contributed by atoms with Crippen LogP contribution in [0, 0.1) is 5.92 Å². The number of aromatic nitrogens is 1. The summed E-state index contributed by atoms with van der Waals surface area (Å²) in [5.74, 6) is 0.147. The van der Waals surface area contributed by atoms with E-state index < -0.39 is 0 Å². The van der Waals surface area contributed by atoms with Gasteiger partial charge in [-0.15, -0.1) is 0 Å². The number of urea groups is 1. The van der Waals surface area contributed by atoms with Crippen molar-refractivity contribution in [1.29, 1.82) is 0 Å². The van der Waals surface area contributed by atoms with Gasteiger partial charge in [0.15, 0.2) is 0 Å². The van der Waals surface area contributed by atoms with Crippen LogP contribution < -0.4 is 10.6 Å². The predicted molar refractivity (Wildman–Crippen MR) is 78.7 cm³/mol. The molecule has 6 heteroatoms. The number of carbonyl (C=O) groups is 2. The summed E-state index contributed by atoms with van der Waals surface area (Å²) in [6, 6.07) is 2.98. The maximum absolute atomic E-state index is 11.8. The Balaban J connectivity index is 2.71. The molecular formula is C14H22N4O2. The third kappa shape index (κ3) is 4.53. The third-order valence-electron chi connectivity index (χ3n) is 3.00. The van der Waals surface area contributed by atoms with Gasteiger partial charge in [0.1, 0.15) is 5.69 Å². The Bertz CT molecular complexity index is 486. The fourth-order valence-corrected chi connectivity index (χ4v) is 1.39. The van der Waals surface area contributed by atoms with Crippen LogP contribution in [0.15, 0.2) is 18.3 Å². The first-order valence-corrected chi connectivity index (χ1v) is 6.56. The topological polar surface area (TPSA) is 74.3 Å². The molecule has 0 saturated carbocycles. The Labute approximate surface area is 119 Å². The Kier molecular flexibility index (Phi) is 5.49. The molecule has 20 heavy (non-hydrogen) atoms. The first-order valence-electron chi connectivity index (χ1n) is 6.56. The fourth-order valence-electron chi connectivity index (χ4n) is 1.39. The monoisotopic (exact) mass is 278 g/mol. The van der Waals surface area contributed by atoms with Crippen LogP contribution in [0.5, 0.6) is 0 Å². The highest BCUT2D eigenvalue weighted by atomic mass is 16.2. The molecule has 6 nitrogen and oxygen atoms in total. The van der Waals surface area contributed by atoms with E-state index in [-0.39, 0.29) is 18.0 Å². The van der Waals surface area contributed by atoms with Gasteiger partial charge >= 0.3 is 6.03 Å². The van der Waals surface area contributed by atoms with E-state index in [0.717, 1.165) is 0 Å². The van der Waals surface area contributed by atoms with E-state index in [1.165, 1.54) is 11.1 Å². The Hall–Kier alpha value is -2.11. The molecule has 1 aromatic rings. The van der Waals surface area contributed by atoms with Crippen LogP contribution in [0.4, 0.5) is 10.5 Å². The summed E-state index contributed by atoms with van der Waals surface area (Å²) >= 11 is 0. The van der Waals surface area contributed by atoms with Crippen molar-refractivity contribution in [2.75, 3.05) is 19.4 Å². The molecule has 0 radical (unpaired) electrons. The molecule has 110 valence electrons. The summed E-state index contributed by atoms with van der Waals surface area (Å²) < 4.78 is 0. The summed E-state index contributed by atoms with van der Waals surface area (Å²) in [7, 11) is 3.31. The largest absolute Gasteiger partial charge is 0.343 e. The Morgan fingerprint density at radius 2 is 1.90 bits per heavy atom. The van der Waals surface area contributed by atoms with Crippen molar-refractivity contribution in [1.82, 2.24) is 15.2 Å². The number of hydrogen-bond acceptors (Lipinski definition) is 3. The standard InChI is InChI=1S/C14H22N4O2/c1-9(2)10(3)16-14(20)17-11-6-7-15-12(8-11)13(19)18(4)5/h6-10H,1-5H3,(H2,15,16,17,20)/t10-/m0/s1. The van der Waals surface area contributed by atoms with Crippen LogP contribution in [0.3, 0.4) is 0 Å². The molecule has 0 unspecified atom stereocenters. The van der Waals surface area contributed by atoms with Gasteiger partial charge in [0, 0.05) is 32.0 Å². The second-order valence-electron chi connectivity index (χ2n) is 5.26. The first-order chi connectivity index (χ1) is 9.31. The molecule has 0 spiro atoms. The van der Waals surface area contributed by atoms with Crippen LogP contribution in [0.2, 0.25) is 0 Å². The highest BCUT2D eigenvalue weighted by molar-refractivity contribution is 5.95. The van der Waals surface area contributed by atoms with Gasteiger partial charge in [0.05, 0.1) is 0 Å². The number of nitrogens with one attached hydrogen (secondary N) is 2. The van der Waals surface area contributed by atoms with E-state index in [9.17, 15) is 9.59 Å². The third-order valence-corrected chi connectivity index (χ3v) is 3.00. The molecule has 0 aliphatic rings. The molecule has 0 bridgehead atoms. The van der Waals surface area contributed by atoms with Gasteiger partial charge in [-0.1, -0.05) is 13.8 Å². The number of anilines is 1. The van der Waals surface area contributed by atoms with Gasteiger partial charge in [-0.05, 0) is 25.0 Å². The highest BCUT2D eigenvalue weighted by Gasteiger charge is 2.13. The second kappa shape index (κ2) is 6.88. The van der Waals surface area contributed by atoms with Gasteiger partial charge < -0.3 is 15.5 Å². The molecule has 1 heterocycles. The zero-order valence-electron chi connectivity index (χ0n) is 12.6. The van der Waals surface area contributed by atoms with Crippen molar-refractivity contribution in [2.24, 2.45) is 5.92 Å². The summed E-state index contributed by atoms with van der Waals surface area (Å²) in [4.78, 5) is 29.0. The van der Waals surface area contributed by atoms with Crippen LogP contribution in [-0.2, 0) is 0 Å². The maximum atomic E-state index is 11.8. The van der Waals surface area contributed by atoms with Crippen LogP contribution in [-0.4, -0.2) is 42.0 Å². The normalized spacial score (nSPS) is 11.9. The molecule has 0 saturated heterocycles. The fraction of sp³-hybridized carbons (Fsp3) is 0.500. The Morgan fingerprint density at radius 1 is 1.25 bits per heavy atom. The summed E-state index contributed by atoms with van der Waals surface area (Å²) in [5.41, 5.74) is 0.836. The SMILES string of the molecule is CC(C)[C@H](C)NC(=O)Nc1ccnc(C(=O)N(C)C)c1. The van der Waals surface area contributed by atoms with Crippen LogP contribution in [0.1, 0.15) is 31.3 Å². The number of carbonyl (C=O) groups excluding carboxylic acids is 2. The molecule has 1 rings (SSSR count). The first kappa shape index (κ1) is 15.9. The van der Waals surface area contributed by atoms with E-state index in [1.807, 2.05) is 20.8 Å². The van der Waals surface area contributed by atoms with Crippen molar-refractivity contribution in [3.63, 3.8) is 0 Å². The molecule has 0 aromatic carbocycles. The van der Waals surface area contributed by atoms with Crippen molar-refractivity contribution in [3.8, 4) is 0 Å². The average Bonchev–Trinajstić information content (AvgIpc) is 2.37. The van der Waals surface area contributed by atoms with E-state index in [0.29, 0.717) is 17.3 Å². The van der Waals surface area contributed by atoms with Crippen molar-refractivity contribution < 1.29 is 9.59 Å². The van der Waals surface area contributed by atoms with Gasteiger partial charge in [0.2, 0.25) is 0 Å². The number of nitrogens with zero attached hydrogens (tertiary/aromatic N) is 2. The maximum Gasteiger partial charge on any atom is 0.319 e. The summed E-state index contributed by atoms with van der Waals surface area (Å²) in [5, 5.41) is 5.53. The van der Waals surface area contributed by atoms with Gasteiger partial charge in [-0.3, -0.25) is 9.78 Å². The van der Waals surface area contributed by atoms with Gasteiger partial charge in [-0.25, -0.2) is 4.79 Å². The number of hydrogen-bond donors (Lipinski definition) is 2. The van der Waals surface area contributed by atoms with E-state index in [2.05, 4.69) is 15.6 Å². The molecule has 1 atom stereocenters. The van der Waals surface area contributed by atoms with Gasteiger partial charge in [-0.2, -0.15) is 0 Å². The van der Waals surface area contributed by atoms with E-state index >= 15 is 0 Å². The predicted octanol–water partition coefficient (Wildman–Crippen LogP) is 1.95. The number of rotatable bonds is 4. The molecule has 0 fully saturated rings. The van der Waals surface area contributed by atoms with E-state index in [1.54, 1.807) is 26.2 Å².